The monoisotopic (exact) mass is 178 g/mol. The van der Waals surface area contributed by atoms with Crippen molar-refractivity contribution in [3.8, 4) is 0 Å². The molecule has 0 aromatic carbocycles. The van der Waals surface area contributed by atoms with Gasteiger partial charge in [-0.1, -0.05) is 13.0 Å². The van der Waals surface area contributed by atoms with E-state index in [0.717, 1.165) is 6.42 Å². The van der Waals surface area contributed by atoms with Crippen molar-refractivity contribution >= 4 is 0 Å². The first kappa shape index (κ1) is 9.45. The molecule has 0 amide bonds. The summed E-state index contributed by atoms with van der Waals surface area (Å²) in [5.74, 6) is -0.779. The van der Waals surface area contributed by atoms with Gasteiger partial charge in [-0.25, -0.2) is 0 Å². The SMILES string of the molecule is CCC=COCC1COC1(F)F. The third-order valence-corrected chi connectivity index (χ3v) is 1.68. The van der Waals surface area contributed by atoms with E-state index in [0.29, 0.717) is 0 Å². The van der Waals surface area contributed by atoms with Crippen LogP contribution in [0.15, 0.2) is 12.3 Å². The molecule has 12 heavy (non-hydrogen) atoms. The highest BCUT2D eigenvalue weighted by molar-refractivity contribution is 4.79. The molecule has 1 rings (SSSR count). The predicted octanol–water partition coefficient (Wildman–Crippen LogP) is 2.17. The van der Waals surface area contributed by atoms with Crippen molar-refractivity contribution < 1.29 is 18.3 Å². The Morgan fingerprint density at radius 3 is 2.83 bits per heavy atom. The molecule has 0 bridgehead atoms. The van der Waals surface area contributed by atoms with Gasteiger partial charge in [0.25, 0.3) is 0 Å². The van der Waals surface area contributed by atoms with Crippen LogP contribution in [0.1, 0.15) is 13.3 Å². The van der Waals surface area contributed by atoms with Crippen molar-refractivity contribution in [1.82, 2.24) is 0 Å². The van der Waals surface area contributed by atoms with E-state index >= 15 is 0 Å². The molecule has 70 valence electrons. The highest BCUT2D eigenvalue weighted by Gasteiger charge is 2.50. The van der Waals surface area contributed by atoms with Crippen molar-refractivity contribution in [2.24, 2.45) is 5.92 Å². The number of rotatable bonds is 4. The fourth-order valence-electron chi connectivity index (χ4n) is 0.808. The zero-order valence-corrected chi connectivity index (χ0v) is 6.93. The normalized spacial score (nSPS) is 27.1. The van der Waals surface area contributed by atoms with Gasteiger partial charge in [-0.2, -0.15) is 8.78 Å². The molecular weight excluding hydrogens is 166 g/mol. The number of ether oxygens (including phenoxy) is 2. The second-order valence-corrected chi connectivity index (χ2v) is 2.68. The third kappa shape index (κ3) is 2.17. The summed E-state index contributed by atoms with van der Waals surface area (Å²) in [4.78, 5) is 0. The highest BCUT2D eigenvalue weighted by Crippen LogP contribution is 2.35. The summed E-state index contributed by atoms with van der Waals surface area (Å²) < 4.78 is 33.7. The molecule has 4 heteroatoms. The van der Waals surface area contributed by atoms with Crippen molar-refractivity contribution in [3.05, 3.63) is 12.3 Å². The van der Waals surface area contributed by atoms with Crippen molar-refractivity contribution in [3.63, 3.8) is 0 Å². The van der Waals surface area contributed by atoms with Crippen LogP contribution in [0.5, 0.6) is 0 Å². The maximum Gasteiger partial charge on any atom is 0.364 e. The average Bonchev–Trinajstić information content (AvgIpc) is 2.02. The maximum atomic E-state index is 12.4. The third-order valence-electron chi connectivity index (χ3n) is 1.68. The summed E-state index contributed by atoms with van der Waals surface area (Å²) in [5, 5.41) is 0. The van der Waals surface area contributed by atoms with Crippen LogP contribution in [0.25, 0.3) is 0 Å². The molecular formula is C8H12F2O2. The molecule has 0 saturated carbocycles. The van der Waals surface area contributed by atoms with Crippen LogP contribution in [0, 0.1) is 5.92 Å². The number of hydrogen-bond acceptors (Lipinski definition) is 2. The minimum atomic E-state index is -2.97. The minimum Gasteiger partial charge on any atom is -0.501 e. The van der Waals surface area contributed by atoms with E-state index < -0.39 is 12.0 Å². The van der Waals surface area contributed by atoms with Crippen LogP contribution in [0.3, 0.4) is 0 Å². The average molecular weight is 178 g/mol. The first-order valence-corrected chi connectivity index (χ1v) is 3.95. The highest BCUT2D eigenvalue weighted by atomic mass is 19.3. The van der Waals surface area contributed by atoms with Gasteiger partial charge >= 0.3 is 6.11 Å². The second-order valence-electron chi connectivity index (χ2n) is 2.68. The van der Waals surface area contributed by atoms with Gasteiger partial charge in [-0.05, 0) is 6.42 Å². The Bertz CT molecular complexity index is 168. The molecule has 1 fully saturated rings. The van der Waals surface area contributed by atoms with E-state index in [9.17, 15) is 8.78 Å². The lowest BCUT2D eigenvalue weighted by atomic mass is 10.1. The molecule has 0 aromatic heterocycles. The van der Waals surface area contributed by atoms with Gasteiger partial charge in [0, 0.05) is 0 Å². The summed E-state index contributed by atoms with van der Waals surface area (Å²) in [6.07, 6.45) is 1.10. The molecule has 0 N–H and O–H groups in total. The van der Waals surface area contributed by atoms with Gasteiger partial charge in [-0.15, -0.1) is 0 Å². The van der Waals surface area contributed by atoms with E-state index in [4.69, 9.17) is 4.74 Å². The lowest BCUT2D eigenvalue weighted by Gasteiger charge is -2.34. The Morgan fingerprint density at radius 1 is 1.67 bits per heavy atom. The number of halogens is 2. The van der Waals surface area contributed by atoms with Crippen molar-refractivity contribution in [2.75, 3.05) is 13.2 Å². The van der Waals surface area contributed by atoms with E-state index in [1.165, 1.54) is 6.26 Å². The molecule has 0 aliphatic carbocycles. The van der Waals surface area contributed by atoms with E-state index in [2.05, 4.69) is 4.74 Å². The summed E-state index contributed by atoms with van der Waals surface area (Å²) in [7, 11) is 0. The van der Waals surface area contributed by atoms with E-state index in [1.54, 1.807) is 6.08 Å². The molecule has 1 saturated heterocycles. The van der Waals surface area contributed by atoms with Gasteiger partial charge in [-0.3, -0.25) is 0 Å². The molecule has 2 nitrogen and oxygen atoms in total. The zero-order valence-electron chi connectivity index (χ0n) is 6.93. The molecule has 1 heterocycles. The fourth-order valence-corrected chi connectivity index (χ4v) is 0.808. The molecule has 1 aliphatic rings. The molecule has 0 spiro atoms. The number of alkyl halides is 2. The fraction of sp³-hybridized carbons (Fsp3) is 0.750. The Balaban J connectivity index is 2.12. The predicted molar refractivity (Wildman–Crippen MR) is 39.8 cm³/mol. The number of hydrogen-bond donors (Lipinski definition) is 0. The Hall–Kier alpha value is -0.640. The Morgan fingerprint density at radius 2 is 2.42 bits per heavy atom. The van der Waals surface area contributed by atoms with Crippen LogP contribution < -0.4 is 0 Å². The molecule has 1 atom stereocenters. The Kier molecular flexibility index (Phi) is 3.03. The van der Waals surface area contributed by atoms with E-state index in [-0.39, 0.29) is 13.2 Å². The summed E-state index contributed by atoms with van der Waals surface area (Å²) >= 11 is 0. The van der Waals surface area contributed by atoms with Gasteiger partial charge in [0.1, 0.15) is 12.5 Å². The standard InChI is InChI=1S/C8H12F2O2/c1-2-3-4-11-5-7-6-12-8(7,9)10/h3-4,7H,2,5-6H2,1H3. The molecule has 1 aliphatic heterocycles. The molecule has 1 unspecified atom stereocenters. The zero-order chi connectivity index (χ0) is 9.03. The van der Waals surface area contributed by atoms with Gasteiger partial charge < -0.3 is 9.47 Å². The lowest BCUT2D eigenvalue weighted by molar-refractivity contribution is -0.362. The van der Waals surface area contributed by atoms with Gasteiger partial charge in [0.15, 0.2) is 0 Å². The van der Waals surface area contributed by atoms with Gasteiger partial charge in [0.05, 0.1) is 12.9 Å². The smallest absolute Gasteiger partial charge is 0.364 e. The topological polar surface area (TPSA) is 18.5 Å². The summed E-state index contributed by atoms with van der Waals surface area (Å²) in [6, 6.07) is 0. The summed E-state index contributed by atoms with van der Waals surface area (Å²) in [6.45, 7) is 2.07. The lowest BCUT2D eigenvalue weighted by Crippen LogP contribution is -2.48. The quantitative estimate of drug-likeness (QED) is 0.614. The van der Waals surface area contributed by atoms with E-state index in [1.807, 2.05) is 6.92 Å². The van der Waals surface area contributed by atoms with Crippen molar-refractivity contribution in [2.45, 2.75) is 19.5 Å². The molecule has 0 aromatic rings. The minimum absolute atomic E-state index is 0.0312. The first-order chi connectivity index (χ1) is 5.67. The Labute approximate surface area is 70.2 Å². The molecule has 0 radical (unpaired) electrons. The number of allylic oxidation sites excluding steroid dienone is 1. The van der Waals surface area contributed by atoms with Gasteiger partial charge in [0.2, 0.25) is 0 Å². The first-order valence-electron chi connectivity index (χ1n) is 3.95. The summed E-state index contributed by atoms with van der Waals surface area (Å²) in [5.41, 5.74) is 0. The van der Waals surface area contributed by atoms with Crippen LogP contribution in [0.2, 0.25) is 0 Å². The van der Waals surface area contributed by atoms with Crippen LogP contribution in [-0.4, -0.2) is 19.3 Å². The van der Waals surface area contributed by atoms with Crippen LogP contribution >= 0.6 is 0 Å². The van der Waals surface area contributed by atoms with Crippen molar-refractivity contribution in [1.29, 1.82) is 0 Å². The van der Waals surface area contributed by atoms with Crippen LogP contribution in [-0.2, 0) is 9.47 Å². The van der Waals surface area contributed by atoms with Crippen LogP contribution in [0.4, 0.5) is 8.78 Å². The maximum absolute atomic E-state index is 12.4. The second kappa shape index (κ2) is 3.85. The largest absolute Gasteiger partial charge is 0.501 e.